The van der Waals surface area contributed by atoms with Crippen LogP contribution in [0, 0.1) is 13.0 Å². The number of carbonyl (C=O) groups excluding carboxylic acids is 1. The zero-order valence-electron chi connectivity index (χ0n) is 8.30. The first kappa shape index (κ1) is 11.4. The first-order valence-corrected chi connectivity index (χ1v) is 4.20. The lowest BCUT2D eigenvalue weighted by molar-refractivity contribution is -0.126. The fraction of sp³-hybridized carbons (Fsp3) is 0.300. The number of methoxy groups -OCH3 is 1. The Morgan fingerprint density at radius 1 is 1.60 bits per heavy atom. The van der Waals surface area contributed by atoms with Crippen LogP contribution in [-0.4, -0.2) is 19.4 Å². The van der Waals surface area contributed by atoms with Gasteiger partial charge < -0.3 is 10.1 Å². The van der Waals surface area contributed by atoms with Gasteiger partial charge in [-0.05, 0) is 30.7 Å². The number of ether oxygens (including phenoxy) is 1. The quantitative estimate of drug-likeness (QED) is 0.835. The van der Waals surface area contributed by atoms with Gasteiger partial charge in [-0.15, -0.1) is 0 Å². The van der Waals surface area contributed by atoms with E-state index in [2.05, 4.69) is 6.07 Å². The molecule has 1 radical (unpaired) electrons. The van der Waals surface area contributed by atoms with Crippen molar-refractivity contribution in [3.05, 3.63) is 23.8 Å². The van der Waals surface area contributed by atoms with Gasteiger partial charge in [-0.1, -0.05) is 0 Å². The zero-order valence-corrected chi connectivity index (χ0v) is 8.30. The molecule has 1 N–H and O–H groups in total. The molecule has 1 aromatic carbocycles. The molecule has 15 heavy (non-hydrogen) atoms. The number of aryl methyl sites for hydroxylation is 1. The Balaban J connectivity index is 2.89. The van der Waals surface area contributed by atoms with Crippen molar-refractivity contribution in [2.24, 2.45) is 0 Å². The van der Waals surface area contributed by atoms with Gasteiger partial charge in [0.2, 0.25) is 0 Å². The summed E-state index contributed by atoms with van der Waals surface area (Å²) >= 11 is 0. The second-order valence-corrected chi connectivity index (χ2v) is 2.89. The van der Waals surface area contributed by atoms with Gasteiger partial charge in [0, 0.05) is 0 Å². The van der Waals surface area contributed by atoms with Crippen LogP contribution < -0.4 is 10.1 Å². The maximum Gasteiger partial charge on any atom is 0.315 e. The minimum Gasteiger partial charge on any atom is -0.495 e. The third-order valence-corrected chi connectivity index (χ3v) is 1.73. The molecule has 1 amide bonds. The average Bonchev–Trinajstić information content (AvgIpc) is 2.20. The van der Waals surface area contributed by atoms with Crippen molar-refractivity contribution in [2.45, 2.75) is 13.3 Å². The highest BCUT2D eigenvalue weighted by atomic mass is 19.3. The Bertz CT molecular complexity index is 366. The monoisotopic (exact) mass is 214 g/mol. The van der Waals surface area contributed by atoms with Gasteiger partial charge in [0.25, 0.3) is 5.91 Å². The Morgan fingerprint density at radius 3 is 2.80 bits per heavy atom. The summed E-state index contributed by atoms with van der Waals surface area (Å²) in [6, 6.07) is 5.77. The summed E-state index contributed by atoms with van der Waals surface area (Å²) in [5.41, 5.74) is 0.982. The Hall–Kier alpha value is -1.65. The van der Waals surface area contributed by atoms with Crippen molar-refractivity contribution in [3.8, 4) is 5.75 Å². The van der Waals surface area contributed by atoms with Gasteiger partial charge in [-0.2, -0.15) is 8.78 Å². The van der Waals surface area contributed by atoms with Crippen LogP contribution in [0.4, 0.5) is 14.5 Å². The largest absolute Gasteiger partial charge is 0.495 e. The number of hydrogen-bond acceptors (Lipinski definition) is 2. The van der Waals surface area contributed by atoms with Crippen LogP contribution in [0.5, 0.6) is 5.75 Å². The SMILES string of the molecule is COc1cc(C)[c]cc1NC(=O)C(F)F. The molecule has 0 heterocycles. The molecule has 0 aliphatic rings. The van der Waals surface area contributed by atoms with Crippen LogP contribution in [0.2, 0.25) is 0 Å². The molecular formula is C10H10F2NO2. The first-order chi connectivity index (χ1) is 7.04. The van der Waals surface area contributed by atoms with E-state index in [1.807, 2.05) is 5.32 Å². The highest BCUT2D eigenvalue weighted by Gasteiger charge is 2.16. The number of carbonyl (C=O) groups is 1. The number of rotatable bonds is 3. The average molecular weight is 214 g/mol. The molecule has 3 nitrogen and oxygen atoms in total. The second kappa shape index (κ2) is 4.72. The van der Waals surface area contributed by atoms with E-state index in [-0.39, 0.29) is 5.69 Å². The molecule has 0 aliphatic heterocycles. The van der Waals surface area contributed by atoms with E-state index in [4.69, 9.17) is 4.74 Å². The molecule has 0 bridgehead atoms. The van der Waals surface area contributed by atoms with Crippen molar-refractivity contribution in [2.75, 3.05) is 12.4 Å². The fourth-order valence-corrected chi connectivity index (χ4v) is 1.03. The number of hydrogen-bond donors (Lipinski definition) is 1. The van der Waals surface area contributed by atoms with E-state index in [0.717, 1.165) is 5.56 Å². The number of halogens is 2. The van der Waals surface area contributed by atoms with E-state index in [9.17, 15) is 13.6 Å². The Morgan fingerprint density at radius 2 is 2.27 bits per heavy atom. The lowest BCUT2D eigenvalue weighted by Gasteiger charge is -2.09. The molecule has 0 aliphatic carbocycles. The van der Waals surface area contributed by atoms with Gasteiger partial charge in [0.15, 0.2) is 0 Å². The smallest absolute Gasteiger partial charge is 0.315 e. The molecule has 5 heteroatoms. The van der Waals surface area contributed by atoms with E-state index in [0.29, 0.717) is 5.75 Å². The van der Waals surface area contributed by atoms with Crippen LogP contribution in [0.25, 0.3) is 0 Å². The zero-order chi connectivity index (χ0) is 11.4. The number of benzene rings is 1. The van der Waals surface area contributed by atoms with E-state index in [1.165, 1.54) is 13.2 Å². The summed E-state index contributed by atoms with van der Waals surface area (Å²) in [7, 11) is 1.40. The second-order valence-electron chi connectivity index (χ2n) is 2.89. The molecule has 0 spiro atoms. The summed E-state index contributed by atoms with van der Waals surface area (Å²) in [5, 5.41) is 2.04. The number of alkyl halides is 2. The molecule has 1 rings (SSSR count). The lowest BCUT2D eigenvalue weighted by atomic mass is 10.2. The maximum atomic E-state index is 12.0. The summed E-state index contributed by atoms with van der Waals surface area (Å²) in [6.45, 7) is 1.78. The standard InChI is InChI=1S/C10H10F2NO2/c1-6-3-4-7(8(5-6)15-2)13-10(14)9(11)12/h4-5,9H,1-2H3,(H,13,14). The van der Waals surface area contributed by atoms with Crippen LogP contribution in [0.15, 0.2) is 12.1 Å². The Kier molecular flexibility index (Phi) is 3.60. The molecule has 0 fully saturated rings. The molecule has 0 saturated heterocycles. The van der Waals surface area contributed by atoms with Crippen molar-refractivity contribution in [3.63, 3.8) is 0 Å². The molecule has 0 unspecified atom stereocenters. The normalized spacial score (nSPS) is 10.2. The van der Waals surface area contributed by atoms with Gasteiger partial charge >= 0.3 is 6.43 Å². The summed E-state index contributed by atoms with van der Waals surface area (Å²) in [4.78, 5) is 10.7. The molecule has 0 atom stereocenters. The van der Waals surface area contributed by atoms with E-state index < -0.39 is 12.3 Å². The predicted octanol–water partition coefficient (Wildman–Crippen LogP) is 2.01. The van der Waals surface area contributed by atoms with Crippen molar-refractivity contribution in [1.29, 1.82) is 0 Å². The number of nitrogens with one attached hydrogen (secondary N) is 1. The minimum atomic E-state index is -3.05. The molecule has 1 aromatic rings. The van der Waals surface area contributed by atoms with Crippen LogP contribution in [-0.2, 0) is 4.79 Å². The van der Waals surface area contributed by atoms with Crippen molar-refractivity contribution in [1.82, 2.24) is 0 Å². The van der Waals surface area contributed by atoms with Crippen LogP contribution in [0.3, 0.4) is 0 Å². The summed E-state index contributed by atoms with van der Waals surface area (Å²) in [6.07, 6.45) is -3.05. The first-order valence-electron chi connectivity index (χ1n) is 4.20. The molecule has 81 valence electrons. The van der Waals surface area contributed by atoms with E-state index >= 15 is 0 Å². The van der Waals surface area contributed by atoms with Gasteiger partial charge in [-0.3, -0.25) is 4.79 Å². The number of amides is 1. The Labute approximate surface area is 86.0 Å². The fourth-order valence-electron chi connectivity index (χ4n) is 1.03. The third-order valence-electron chi connectivity index (χ3n) is 1.73. The van der Waals surface area contributed by atoms with Crippen molar-refractivity contribution >= 4 is 11.6 Å². The highest BCUT2D eigenvalue weighted by Crippen LogP contribution is 2.25. The third kappa shape index (κ3) is 2.90. The number of anilines is 1. The highest BCUT2D eigenvalue weighted by molar-refractivity contribution is 5.94. The van der Waals surface area contributed by atoms with Crippen LogP contribution in [0.1, 0.15) is 5.56 Å². The topological polar surface area (TPSA) is 38.3 Å². The molecule has 0 saturated carbocycles. The lowest BCUT2D eigenvalue weighted by Crippen LogP contribution is -2.20. The minimum absolute atomic E-state index is 0.188. The molecule has 0 aromatic heterocycles. The van der Waals surface area contributed by atoms with Gasteiger partial charge in [0.05, 0.1) is 12.8 Å². The van der Waals surface area contributed by atoms with Crippen LogP contribution >= 0.6 is 0 Å². The summed E-state index contributed by atoms with van der Waals surface area (Å²) in [5.74, 6) is -1.02. The van der Waals surface area contributed by atoms with Crippen molar-refractivity contribution < 1.29 is 18.3 Å². The molecular weight excluding hydrogens is 204 g/mol. The van der Waals surface area contributed by atoms with Gasteiger partial charge in [-0.25, -0.2) is 0 Å². The predicted molar refractivity (Wildman–Crippen MR) is 51.2 cm³/mol. The summed E-state index contributed by atoms with van der Waals surface area (Å²) < 4.78 is 28.9. The van der Waals surface area contributed by atoms with E-state index in [1.54, 1.807) is 13.0 Å². The van der Waals surface area contributed by atoms with Gasteiger partial charge in [0.1, 0.15) is 5.75 Å². The maximum absolute atomic E-state index is 12.0.